The number of carbonyl (C=O) groups is 1. The highest BCUT2D eigenvalue weighted by Crippen LogP contribution is 2.39. The Morgan fingerprint density at radius 1 is 1.13 bits per heavy atom. The lowest BCUT2D eigenvalue weighted by atomic mass is 10.2. The minimum atomic E-state index is -3.78. The van der Waals surface area contributed by atoms with Crippen LogP contribution < -0.4 is 10.1 Å². The van der Waals surface area contributed by atoms with Crippen molar-refractivity contribution >= 4 is 33.2 Å². The molecule has 120 valence electrons. The fourth-order valence-corrected chi connectivity index (χ4v) is 3.57. The molecule has 1 heterocycles. The highest BCUT2D eigenvalue weighted by Gasteiger charge is 2.27. The van der Waals surface area contributed by atoms with Crippen LogP contribution in [0.1, 0.15) is 10.4 Å². The van der Waals surface area contributed by atoms with E-state index in [-0.39, 0.29) is 21.2 Å². The monoisotopic (exact) mass is 352 g/mol. The van der Waals surface area contributed by atoms with Gasteiger partial charge in [0, 0.05) is 20.2 Å². The van der Waals surface area contributed by atoms with Gasteiger partial charge in [0.05, 0.1) is 16.3 Å². The first-order valence-electron chi connectivity index (χ1n) is 6.65. The summed E-state index contributed by atoms with van der Waals surface area (Å²) in [6, 6.07) is 9.49. The van der Waals surface area contributed by atoms with Crippen LogP contribution in [0, 0.1) is 0 Å². The molecule has 0 fully saturated rings. The van der Waals surface area contributed by atoms with Crippen LogP contribution in [-0.2, 0) is 10.0 Å². The van der Waals surface area contributed by atoms with Gasteiger partial charge < -0.3 is 10.1 Å². The van der Waals surface area contributed by atoms with Gasteiger partial charge in [0.1, 0.15) is 10.6 Å². The van der Waals surface area contributed by atoms with Crippen LogP contribution in [0.4, 0.5) is 5.69 Å². The second-order valence-corrected chi connectivity index (χ2v) is 7.65. The van der Waals surface area contributed by atoms with Gasteiger partial charge in [-0.1, -0.05) is 23.7 Å². The topological polar surface area (TPSA) is 75.7 Å². The van der Waals surface area contributed by atoms with E-state index in [2.05, 4.69) is 5.32 Å². The van der Waals surface area contributed by atoms with Crippen LogP contribution in [0.3, 0.4) is 0 Å². The maximum Gasteiger partial charge on any atom is 0.259 e. The number of ether oxygens (including phenoxy) is 1. The van der Waals surface area contributed by atoms with Crippen LogP contribution in [0.15, 0.2) is 41.3 Å². The molecule has 0 radical (unpaired) electrons. The minimum Gasteiger partial charge on any atom is -0.454 e. The number of rotatable bonds is 2. The van der Waals surface area contributed by atoms with E-state index in [1.54, 1.807) is 24.3 Å². The molecule has 0 spiro atoms. The molecule has 0 bridgehead atoms. The van der Waals surface area contributed by atoms with Gasteiger partial charge in [-0.15, -0.1) is 0 Å². The van der Waals surface area contributed by atoms with Gasteiger partial charge in [-0.3, -0.25) is 4.79 Å². The number of nitrogens with zero attached hydrogens (tertiary/aromatic N) is 1. The fourth-order valence-electron chi connectivity index (χ4n) is 2.16. The third-order valence-electron chi connectivity index (χ3n) is 3.39. The van der Waals surface area contributed by atoms with Crippen molar-refractivity contribution in [3.63, 3.8) is 0 Å². The Labute approximate surface area is 138 Å². The molecule has 23 heavy (non-hydrogen) atoms. The summed E-state index contributed by atoms with van der Waals surface area (Å²) in [7, 11) is -0.993. The molecule has 0 unspecified atom stereocenters. The van der Waals surface area contributed by atoms with E-state index < -0.39 is 15.9 Å². The molecule has 0 aliphatic carbocycles. The first kappa shape index (κ1) is 15.8. The quantitative estimate of drug-likeness (QED) is 0.901. The van der Waals surface area contributed by atoms with E-state index in [9.17, 15) is 13.2 Å². The second kappa shape index (κ2) is 5.52. The zero-order valence-corrected chi connectivity index (χ0v) is 13.9. The molecule has 0 atom stereocenters. The normalized spacial score (nSPS) is 13.7. The van der Waals surface area contributed by atoms with Crippen LogP contribution in [0.5, 0.6) is 11.5 Å². The summed E-state index contributed by atoms with van der Waals surface area (Å²) in [6.45, 7) is 0. The number of anilines is 1. The highest BCUT2D eigenvalue weighted by atomic mass is 35.5. The molecule has 0 saturated carbocycles. The lowest BCUT2D eigenvalue weighted by Gasteiger charge is -2.15. The average Bonchev–Trinajstić information content (AvgIpc) is 2.61. The Bertz CT molecular complexity index is 910. The summed E-state index contributed by atoms with van der Waals surface area (Å²) in [5.74, 6) is 0.200. The first-order chi connectivity index (χ1) is 10.8. The van der Waals surface area contributed by atoms with Crippen LogP contribution in [-0.4, -0.2) is 32.7 Å². The second-order valence-electron chi connectivity index (χ2n) is 5.12. The molecule has 1 aliphatic rings. The van der Waals surface area contributed by atoms with Crippen molar-refractivity contribution in [1.29, 1.82) is 0 Å². The van der Waals surface area contributed by atoms with Crippen molar-refractivity contribution in [2.45, 2.75) is 4.90 Å². The lowest BCUT2D eigenvalue weighted by Crippen LogP contribution is -2.23. The molecule has 0 saturated heterocycles. The number of amides is 1. The SMILES string of the molecule is CN(C)S(=O)(=O)c1cc2c(cc1Cl)Oc1ccccc1NC2=O. The van der Waals surface area contributed by atoms with Crippen LogP contribution in [0.25, 0.3) is 0 Å². The van der Waals surface area contributed by atoms with Crippen molar-refractivity contribution in [3.05, 3.63) is 47.0 Å². The number of para-hydroxylation sites is 2. The van der Waals surface area contributed by atoms with Crippen molar-refractivity contribution in [2.24, 2.45) is 0 Å². The maximum atomic E-state index is 12.4. The number of sulfonamides is 1. The van der Waals surface area contributed by atoms with Crippen molar-refractivity contribution in [2.75, 3.05) is 19.4 Å². The van der Waals surface area contributed by atoms with Gasteiger partial charge in [-0.25, -0.2) is 12.7 Å². The molecular weight excluding hydrogens is 340 g/mol. The Kier molecular flexibility index (Phi) is 3.79. The fraction of sp³-hybridized carbons (Fsp3) is 0.133. The molecule has 1 aliphatic heterocycles. The summed E-state index contributed by atoms with van der Waals surface area (Å²) >= 11 is 6.10. The van der Waals surface area contributed by atoms with Gasteiger partial charge in [0.2, 0.25) is 10.0 Å². The van der Waals surface area contributed by atoms with E-state index >= 15 is 0 Å². The first-order valence-corrected chi connectivity index (χ1v) is 8.47. The zero-order chi connectivity index (χ0) is 16.8. The standard InChI is InChI=1S/C15H13ClN2O4S/c1-18(2)23(20,21)14-7-9-13(8-10(14)16)22-12-6-4-3-5-11(12)17-15(9)19/h3-8H,1-2H3,(H,17,19). The number of halogens is 1. The Hall–Kier alpha value is -2.09. The molecule has 2 aromatic carbocycles. The van der Waals surface area contributed by atoms with Crippen molar-refractivity contribution in [1.82, 2.24) is 4.31 Å². The highest BCUT2D eigenvalue weighted by molar-refractivity contribution is 7.89. The number of hydrogen-bond donors (Lipinski definition) is 1. The summed E-state index contributed by atoms with van der Waals surface area (Å²) in [5.41, 5.74) is 0.605. The summed E-state index contributed by atoms with van der Waals surface area (Å²) in [5, 5.41) is 2.68. The number of benzene rings is 2. The largest absolute Gasteiger partial charge is 0.454 e. The van der Waals surface area contributed by atoms with Gasteiger partial charge in [-0.2, -0.15) is 0 Å². The Balaban J connectivity index is 2.19. The zero-order valence-electron chi connectivity index (χ0n) is 12.3. The smallest absolute Gasteiger partial charge is 0.259 e. The van der Waals surface area contributed by atoms with E-state index in [4.69, 9.17) is 16.3 Å². The maximum absolute atomic E-state index is 12.4. The van der Waals surface area contributed by atoms with Crippen molar-refractivity contribution < 1.29 is 17.9 Å². The molecule has 2 aromatic rings. The summed E-state index contributed by atoms with van der Waals surface area (Å²) < 4.78 is 31.4. The van der Waals surface area contributed by atoms with Crippen molar-refractivity contribution in [3.8, 4) is 11.5 Å². The third-order valence-corrected chi connectivity index (χ3v) is 5.67. The van der Waals surface area contributed by atoms with E-state index in [0.717, 1.165) is 4.31 Å². The molecular formula is C15H13ClN2O4S. The van der Waals surface area contributed by atoms with Crippen LogP contribution in [0.2, 0.25) is 5.02 Å². The van der Waals surface area contributed by atoms with E-state index in [1.807, 2.05) is 0 Å². The average molecular weight is 353 g/mol. The van der Waals surface area contributed by atoms with Gasteiger partial charge >= 0.3 is 0 Å². The van der Waals surface area contributed by atoms with Crippen LogP contribution >= 0.6 is 11.6 Å². The lowest BCUT2D eigenvalue weighted by molar-refractivity contribution is 0.102. The molecule has 6 nitrogen and oxygen atoms in total. The molecule has 8 heteroatoms. The van der Waals surface area contributed by atoms with E-state index in [1.165, 1.54) is 26.2 Å². The minimum absolute atomic E-state index is 0.00960. The predicted octanol–water partition coefficient (Wildman–Crippen LogP) is 2.95. The predicted molar refractivity (Wildman–Crippen MR) is 86.8 cm³/mol. The van der Waals surface area contributed by atoms with Gasteiger partial charge in [0.25, 0.3) is 5.91 Å². The van der Waals surface area contributed by atoms with E-state index in [0.29, 0.717) is 11.4 Å². The van der Waals surface area contributed by atoms with Gasteiger partial charge in [0.15, 0.2) is 5.75 Å². The molecule has 0 aromatic heterocycles. The Morgan fingerprint density at radius 2 is 1.83 bits per heavy atom. The molecule has 1 amide bonds. The Morgan fingerprint density at radius 3 is 2.52 bits per heavy atom. The number of hydrogen-bond acceptors (Lipinski definition) is 4. The number of nitrogens with one attached hydrogen (secondary N) is 1. The number of carbonyl (C=O) groups excluding carboxylic acids is 1. The summed E-state index contributed by atoms with van der Waals surface area (Å²) in [4.78, 5) is 12.2. The van der Waals surface area contributed by atoms with Gasteiger partial charge in [-0.05, 0) is 18.2 Å². The third kappa shape index (κ3) is 2.67. The summed E-state index contributed by atoms with van der Waals surface area (Å²) in [6.07, 6.45) is 0. The molecule has 3 rings (SSSR count). The molecule has 1 N–H and O–H groups in total. The number of fused-ring (bicyclic) bond motifs is 2.